The van der Waals surface area contributed by atoms with E-state index in [4.69, 9.17) is 5.73 Å². The normalized spacial score (nSPS) is 12.8. The molecular weight excluding hydrogens is 367 g/mol. The number of halogens is 1. The van der Waals surface area contributed by atoms with Gasteiger partial charge in [-0.05, 0) is 54.8 Å². The second kappa shape index (κ2) is 8.38. The van der Waals surface area contributed by atoms with Crippen molar-refractivity contribution in [1.82, 2.24) is 0 Å². The van der Waals surface area contributed by atoms with Gasteiger partial charge in [-0.3, -0.25) is 4.79 Å². The molecule has 0 spiro atoms. The number of nitrogens with two attached hydrogens (primary N) is 1. The summed E-state index contributed by atoms with van der Waals surface area (Å²) in [5, 5.41) is 3.32. The van der Waals surface area contributed by atoms with Gasteiger partial charge in [0.1, 0.15) is 0 Å². The van der Waals surface area contributed by atoms with E-state index in [-0.39, 0.29) is 11.0 Å². The molecule has 1 aliphatic rings. The van der Waals surface area contributed by atoms with Crippen molar-refractivity contribution in [3.8, 4) is 10.4 Å². The summed E-state index contributed by atoms with van der Waals surface area (Å²) in [6.45, 7) is 0. The van der Waals surface area contributed by atoms with Crippen LogP contribution in [0.5, 0.6) is 0 Å². The van der Waals surface area contributed by atoms with Crippen LogP contribution in [0.25, 0.3) is 10.4 Å². The maximum Gasteiger partial charge on any atom is 0.255 e. The molecule has 3 aromatic rings. The number of nitrogen functional groups attached to an aromatic ring is 1. The van der Waals surface area contributed by atoms with Crippen LogP contribution >= 0.6 is 24.0 Å². The lowest BCUT2D eigenvalue weighted by molar-refractivity contribution is 0.102. The molecule has 1 heterocycles. The third-order valence-electron chi connectivity index (χ3n) is 3.74. The van der Waals surface area contributed by atoms with Crippen molar-refractivity contribution in [3.05, 3.63) is 71.4 Å². The van der Waals surface area contributed by atoms with Crippen molar-refractivity contribution in [3.63, 3.8) is 0 Å². The number of nitrogens with one attached hydrogen (secondary N) is 1. The first-order valence-electron chi connectivity index (χ1n) is 8.22. The van der Waals surface area contributed by atoms with Gasteiger partial charge in [-0.15, -0.1) is 11.3 Å². The van der Waals surface area contributed by atoms with E-state index < -0.39 is 0 Å². The number of thiol groups is 1. The zero-order chi connectivity index (χ0) is 18.5. The summed E-state index contributed by atoms with van der Waals surface area (Å²) >= 11 is 5.13. The van der Waals surface area contributed by atoms with E-state index in [1.807, 2.05) is 6.07 Å². The first kappa shape index (κ1) is 18.5. The summed E-state index contributed by atoms with van der Waals surface area (Å²) < 4.78 is 13.1. The second-order valence-corrected chi connectivity index (χ2v) is 7.72. The van der Waals surface area contributed by atoms with E-state index in [2.05, 4.69) is 17.9 Å². The lowest BCUT2D eigenvalue weighted by atomic mass is 10.1. The Hall–Kier alpha value is -2.31. The van der Waals surface area contributed by atoms with E-state index in [1.165, 1.54) is 18.9 Å². The summed E-state index contributed by atoms with van der Waals surface area (Å²) in [7, 11) is 0. The molecule has 1 aliphatic carbocycles. The largest absolute Gasteiger partial charge is 0.397 e. The third kappa shape index (κ3) is 5.09. The maximum atomic E-state index is 13.1. The Balaban J connectivity index is 0.000000433. The smallest absolute Gasteiger partial charge is 0.255 e. The topological polar surface area (TPSA) is 55.1 Å². The zero-order valence-electron chi connectivity index (χ0n) is 14.0. The lowest BCUT2D eigenvalue weighted by Crippen LogP contribution is -2.13. The fourth-order valence-electron chi connectivity index (χ4n) is 2.15. The van der Waals surface area contributed by atoms with Crippen molar-refractivity contribution in [2.45, 2.75) is 18.1 Å². The average molecular weight is 387 g/mol. The van der Waals surface area contributed by atoms with Gasteiger partial charge < -0.3 is 11.1 Å². The minimum Gasteiger partial charge on any atom is -0.397 e. The van der Waals surface area contributed by atoms with Crippen molar-refractivity contribution >= 4 is 41.2 Å². The quantitative estimate of drug-likeness (QED) is 0.413. The monoisotopic (exact) mass is 386 g/mol. The SMILES string of the molecule is Nc1ccc(-c2ccc(F)s2)cc1NC(=O)c1ccccc1.SC1CC1. The molecule has 2 aromatic carbocycles. The van der Waals surface area contributed by atoms with Gasteiger partial charge in [-0.2, -0.15) is 17.0 Å². The van der Waals surface area contributed by atoms with Crippen molar-refractivity contribution in [2.75, 3.05) is 11.1 Å². The van der Waals surface area contributed by atoms with Crippen LogP contribution in [0.1, 0.15) is 23.2 Å². The van der Waals surface area contributed by atoms with E-state index in [0.717, 1.165) is 27.0 Å². The highest BCUT2D eigenvalue weighted by Crippen LogP contribution is 2.31. The summed E-state index contributed by atoms with van der Waals surface area (Å²) in [5.74, 6) is -0.234. The number of hydrogen-bond donors (Lipinski definition) is 3. The van der Waals surface area contributed by atoms with E-state index >= 15 is 0 Å². The molecule has 4 rings (SSSR count). The zero-order valence-corrected chi connectivity index (χ0v) is 15.7. The molecule has 1 aromatic heterocycles. The van der Waals surface area contributed by atoms with Crippen LogP contribution in [0.15, 0.2) is 60.7 Å². The first-order chi connectivity index (χ1) is 12.5. The molecule has 6 heteroatoms. The number of carbonyl (C=O) groups is 1. The molecule has 134 valence electrons. The van der Waals surface area contributed by atoms with Crippen LogP contribution in [0.2, 0.25) is 0 Å². The van der Waals surface area contributed by atoms with Gasteiger partial charge in [0.05, 0.1) is 11.4 Å². The molecule has 3 N–H and O–H groups in total. The number of hydrogen-bond acceptors (Lipinski definition) is 4. The Bertz CT molecular complexity index is 892. The van der Waals surface area contributed by atoms with Crippen LogP contribution < -0.4 is 11.1 Å². The van der Waals surface area contributed by atoms with E-state index in [1.54, 1.807) is 48.5 Å². The molecule has 1 saturated carbocycles. The van der Waals surface area contributed by atoms with Crippen molar-refractivity contribution in [1.29, 1.82) is 0 Å². The minimum absolute atomic E-state index is 0.234. The number of thiophene rings is 1. The predicted molar refractivity (Wildman–Crippen MR) is 111 cm³/mol. The molecular formula is C20H19FN2OS2. The highest BCUT2D eigenvalue weighted by Gasteiger charge is 2.14. The molecule has 0 atom stereocenters. The molecule has 1 fully saturated rings. The Morgan fingerprint density at radius 1 is 1.12 bits per heavy atom. The molecule has 26 heavy (non-hydrogen) atoms. The van der Waals surface area contributed by atoms with Gasteiger partial charge in [-0.1, -0.05) is 24.3 Å². The van der Waals surface area contributed by atoms with Gasteiger partial charge in [0.15, 0.2) is 5.13 Å². The third-order valence-corrected chi connectivity index (χ3v) is 5.18. The van der Waals surface area contributed by atoms with E-state index in [9.17, 15) is 9.18 Å². The Labute approximate surface area is 161 Å². The average Bonchev–Trinajstić information content (AvgIpc) is 3.31. The fourth-order valence-corrected chi connectivity index (χ4v) is 3.02. The minimum atomic E-state index is -0.248. The van der Waals surface area contributed by atoms with Crippen LogP contribution in [-0.2, 0) is 0 Å². The fraction of sp³-hybridized carbons (Fsp3) is 0.150. The Morgan fingerprint density at radius 3 is 2.38 bits per heavy atom. The van der Waals surface area contributed by atoms with Crippen LogP contribution in [0.3, 0.4) is 0 Å². The summed E-state index contributed by atoms with van der Waals surface area (Å²) in [6, 6.07) is 17.3. The highest BCUT2D eigenvalue weighted by molar-refractivity contribution is 7.81. The second-order valence-electron chi connectivity index (χ2n) is 5.96. The lowest BCUT2D eigenvalue weighted by Gasteiger charge is -2.10. The molecule has 0 radical (unpaired) electrons. The number of anilines is 2. The summed E-state index contributed by atoms with van der Waals surface area (Å²) in [4.78, 5) is 13.0. The van der Waals surface area contributed by atoms with Crippen LogP contribution in [0, 0.1) is 5.13 Å². The molecule has 0 aliphatic heterocycles. The maximum absolute atomic E-state index is 13.1. The highest BCUT2D eigenvalue weighted by atomic mass is 32.1. The number of benzene rings is 2. The molecule has 3 nitrogen and oxygen atoms in total. The Morgan fingerprint density at radius 2 is 1.81 bits per heavy atom. The standard InChI is InChI=1S/C17H13FN2OS.C3H6S/c18-16-9-8-15(22-16)12-6-7-13(19)14(10-12)20-17(21)11-4-2-1-3-5-11;4-3-1-2-3/h1-10H,19H2,(H,20,21);3-4H,1-2H2. The molecule has 0 saturated heterocycles. The van der Waals surface area contributed by atoms with Gasteiger partial charge >= 0.3 is 0 Å². The molecule has 0 unspecified atom stereocenters. The number of carbonyl (C=O) groups excluding carboxylic acids is 1. The van der Waals surface area contributed by atoms with Gasteiger partial charge in [-0.25, -0.2) is 0 Å². The van der Waals surface area contributed by atoms with Crippen LogP contribution in [0.4, 0.5) is 15.8 Å². The summed E-state index contributed by atoms with van der Waals surface area (Å²) in [5.41, 5.74) is 8.25. The van der Waals surface area contributed by atoms with E-state index in [0.29, 0.717) is 16.9 Å². The number of amides is 1. The van der Waals surface area contributed by atoms with Crippen LogP contribution in [-0.4, -0.2) is 11.2 Å². The van der Waals surface area contributed by atoms with Gasteiger partial charge in [0.2, 0.25) is 0 Å². The molecule has 0 bridgehead atoms. The predicted octanol–water partition coefficient (Wildman–Crippen LogP) is 5.47. The van der Waals surface area contributed by atoms with Crippen molar-refractivity contribution < 1.29 is 9.18 Å². The number of rotatable bonds is 3. The Kier molecular flexibility index (Phi) is 5.96. The van der Waals surface area contributed by atoms with Gasteiger partial charge in [0, 0.05) is 15.7 Å². The molecule has 1 amide bonds. The van der Waals surface area contributed by atoms with Gasteiger partial charge in [0.25, 0.3) is 5.91 Å². The summed E-state index contributed by atoms with van der Waals surface area (Å²) in [6.07, 6.45) is 2.70. The van der Waals surface area contributed by atoms with Crippen molar-refractivity contribution in [2.24, 2.45) is 0 Å². The first-order valence-corrected chi connectivity index (χ1v) is 9.56.